The van der Waals surface area contributed by atoms with Crippen LogP contribution in [0.1, 0.15) is 60.1 Å². The molecule has 11 heteroatoms. The quantitative estimate of drug-likeness (QED) is 0.225. The molecule has 0 bridgehead atoms. The molecule has 6 rings (SSSR count). The Morgan fingerprint density at radius 1 is 1.10 bits per heavy atom. The molecule has 5 N–H and O–H groups in total. The van der Waals surface area contributed by atoms with Crippen molar-refractivity contribution in [3.8, 4) is 5.69 Å². The number of hydrogen-bond acceptors (Lipinski definition) is 4. The van der Waals surface area contributed by atoms with Crippen LogP contribution in [-0.2, 0) is 10.4 Å². The van der Waals surface area contributed by atoms with Crippen LogP contribution in [0, 0.1) is 18.6 Å². The summed E-state index contributed by atoms with van der Waals surface area (Å²) < 4.78 is 29.2. The Morgan fingerprint density at radius 2 is 1.83 bits per heavy atom. The molecule has 2 heterocycles. The highest BCUT2D eigenvalue weighted by Gasteiger charge is 2.41. The summed E-state index contributed by atoms with van der Waals surface area (Å²) in [6.45, 7) is 5.08. The van der Waals surface area contributed by atoms with Gasteiger partial charge in [0, 0.05) is 34.0 Å². The van der Waals surface area contributed by atoms with Crippen molar-refractivity contribution in [3.63, 3.8) is 0 Å². The first-order valence-electron chi connectivity index (χ1n) is 13.3. The molecule has 1 aliphatic rings. The van der Waals surface area contributed by atoms with Crippen molar-refractivity contribution in [2.45, 2.75) is 50.0 Å². The average molecular weight is 593 g/mol. The summed E-state index contributed by atoms with van der Waals surface area (Å²) in [5.74, 6) is -3.70. The van der Waals surface area contributed by atoms with Gasteiger partial charge in [0.2, 0.25) is 5.91 Å². The molecular weight excluding hydrogens is 566 g/mol. The highest BCUT2D eigenvalue weighted by atomic mass is 35.5. The topological polar surface area (TPSA) is 134 Å². The number of aromatic amines is 2. The number of rotatable bonds is 4. The molecule has 1 aliphatic carbocycles. The monoisotopic (exact) mass is 592 g/mol. The zero-order valence-electron chi connectivity index (χ0n) is 22.9. The molecule has 1 amide bonds. The SMILES string of the molecule is Cc1c([C@H]2c3c([nH]c4cc(C(C)(C)O)ccc34)C(C(N)=O)C[C@H]2Cl)cccc1-n1c(=O)[nH]c2c(F)cc(F)cc2c1=O. The predicted molar refractivity (Wildman–Crippen MR) is 156 cm³/mol. The van der Waals surface area contributed by atoms with E-state index < -0.39 is 51.6 Å². The zero-order chi connectivity index (χ0) is 30.2. The van der Waals surface area contributed by atoms with E-state index in [-0.39, 0.29) is 23.0 Å². The van der Waals surface area contributed by atoms with E-state index in [0.29, 0.717) is 34.0 Å². The van der Waals surface area contributed by atoms with Gasteiger partial charge in [0.15, 0.2) is 5.82 Å². The lowest BCUT2D eigenvalue weighted by atomic mass is 9.74. The van der Waals surface area contributed by atoms with Crippen molar-refractivity contribution in [1.29, 1.82) is 0 Å². The lowest BCUT2D eigenvalue weighted by Gasteiger charge is -2.33. The van der Waals surface area contributed by atoms with Crippen molar-refractivity contribution < 1.29 is 18.7 Å². The summed E-state index contributed by atoms with van der Waals surface area (Å²) in [5, 5.41) is 10.5. The van der Waals surface area contributed by atoms with E-state index in [2.05, 4.69) is 9.97 Å². The first-order chi connectivity index (χ1) is 19.8. The van der Waals surface area contributed by atoms with Crippen LogP contribution in [0.25, 0.3) is 27.5 Å². The van der Waals surface area contributed by atoms with Gasteiger partial charge in [-0.2, -0.15) is 0 Å². The van der Waals surface area contributed by atoms with E-state index in [1.54, 1.807) is 39.0 Å². The van der Waals surface area contributed by atoms with Crippen molar-refractivity contribution in [3.05, 3.63) is 109 Å². The normalized spacial score (nSPS) is 18.9. The molecule has 3 atom stereocenters. The van der Waals surface area contributed by atoms with Gasteiger partial charge in [0.1, 0.15) is 5.82 Å². The van der Waals surface area contributed by atoms with Crippen LogP contribution in [0.5, 0.6) is 0 Å². The van der Waals surface area contributed by atoms with Crippen LogP contribution in [0.15, 0.2) is 58.1 Å². The van der Waals surface area contributed by atoms with Gasteiger partial charge < -0.3 is 20.8 Å². The number of nitrogens with one attached hydrogen (secondary N) is 2. The van der Waals surface area contributed by atoms with Gasteiger partial charge in [-0.3, -0.25) is 9.59 Å². The van der Waals surface area contributed by atoms with E-state index in [4.69, 9.17) is 17.3 Å². The fraction of sp³-hybridized carbons (Fsp3) is 0.258. The van der Waals surface area contributed by atoms with Gasteiger partial charge in [-0.1, -0.05) is 24.3 Å². The fourth-order valence-electron chi connectivity index (χ4n) is 6.18. The maximum absolute atomic E-state index is 14.4. The molecule has 42 heavy (non-hydrogen) atoms. The second-order valence-corrected chi connectivity index (χ2v) is 11.9. The molecule has 2 aromatic heterocycles. The molecule has 8 nitrogen and oxygen atoms in total. The van der Waals surface area contributed by atoms with Crippen LogP contribution < -0.4 is 17.0 Å². The Kier molecular flexibility index (Phi) is 6.40. The maximum Gasteiger partial charge on any atom is 0.333 e. The van der Waals surface area contributed by atoms with Gasteiger partial charge in [-0.15, -0.1) is 11.6 Å². The Hall–Kier alpha value is -4.28. The number of nitrogens with two attached hydrogens (primary N) is 1. The standard InChI is InChI=1S/C31H27ClF2N4O4/c1-13-16(5-4-6-23(13)38-29(40)19-10-15(33)11-21(34)26(19)37-30(38)41)24-20(32)12-18(28(35)39)27-25(24)17-8-7-14(31(2,3)42)9-22(17)36-27/h4-11,18,20,24,36,42H,12H2,1-3H3,(H2,35,39)(H,37,41)/t18?,20-,24-/m1/s1. The number of carbonyl (C=O) groups excluding carboxylic acids is 1. The fourth-order valence-corrected chi connectivity index (χ4v) is 6.62. The van der Waals surface area contributed by atoms with Crippen molar-refractivity contribution in [2.24, 2.45) is 5.73 Å². The van der Waals surface area contributed by atoms with Gasteiger partial charge in [-0.25, -0.2) is 18.1 Å². The summed E-state index contributed by atoms with van der Waals surface area (Å²) in [6.07, 6.45) is 0.235. The highest BCUT2D eigenvalue weighted by molar-refractivity contribution is 6.22. The molecule has 1 unspecified atom stereocenters. The molecule has 0 saturated carbocycles. The summed E-state index contributed by atoms with van der Waals surface area (Å²) in [7, 11) is 0. The van der Waals surface area contributed by atoms with Crippen molar-refractivity contribution >= 4 is 39.3 Å². The Balaban J connectivity index is 1.60. The molecule has 5 aromatic rings. The minimum atomic E-state index is -1.10. The number of nitrogens with zero attached hydrogens (tertiary/aromatic N) is 1. The first-order valence-corrected chi connectivity index (χ1v) is 13.8. The largest absolute Gasteiger partial charge is 0.386 e. The van der Waals surface area contributed by atoms with Gasteiger partial charge >= 0.3 is 5.69 Å². The molecule has 0 saturated heterocycles. The number of benzene rings is 3. The third-order valence-corrected chi connectivity index (χ3v) is 8.68. The zero-order valence-corrected chi connectivity index (χ0v) is 23.6. The lowest BCUT2D eigenvalue weighted by molar-refractivity contribution is -0.119. The minimum absolute atomic E-state index is 0.219. The average Bonchev–Trinajstić information content (AvgIpc) is 3.28. The third kappa shape index (κ3) is 4.24. The summed E-state index contributed by atoms with van der Waals surface area (Å²) in [5.41, 5.74) is 6.75. The molecule has 3 aromatic carbocycles. The van der Waals surface area contributed by atoms with E-state index in [9.17, 15) is 28.3 Å². The number of H-pyrrole nitrogens is 2. The lowest BCUT2D eigenvalue weighted by Crippen LogP contribution is -2.35. The molecule has 0 radical (unpaired) electrons. The highest BCUT2D eigenvalue weighted by Crippen LogP contribution is 2.49. The summed E-state index contributed by atoms with van der Waals surface area (Å²) in [4.78, 5) is 44.8. The Bertz CT molecular complexity index is 2060. The van der Waals surface area contributed by atoms with Gasteiger partial charge in [0.25, 0.3) is 5.56 Å². The van der Waals surface area contributed by atoms with E-state index in [0.717, 1.165) is 21.6 Å². The summed E-state index contributed by atoms with van der Waals surface area (Å²) >= 11 is 7.01. The first kappa shape index (κ1) is 27.9. The predicted octanol–water partition coefficient (Wildman–Crippen LogP) is 4.69. The number of aromatic nitrogens is 3. The molecule has 0 aliphatic heterocycles. The number of alkyl halides is 1. The number of fused-ring (bicyclic) bond motifs is 4. The van der Waals surface area contributed by atoms with E-state index >= 15 is 0 Å². The number of primary amides is 1. The maximum atomic E-state index is 14.4. The molecule has 0 spiro atoms. The van der Waals surface area contributed by atoms with Crippen LogP contribution >= 0.6 is 11.6 Å². The van der Waals surface area contributed by atoms with Crippen molar-refractivity contribution in [1.82, 2.24) is 14.5 Å². The number of amides is 1. The van der Waals surface area contributed by atoms with E-state index in [1.807, 2.05) is 18.2 Å². The van der Waals surface area contributed by atoms with E-state index in [1.165, 1.54) is 0 Å². The third-order valence-electron chi connectivity index (χ3n) is 8.25. The molecule has 0 fully saturated rings. The van der Waals surface area contributed by atoms with Crippen molar-refractivity contribution in [2.75, 3.05) is 0 Å². The van der Waals surface area contributed by atoms with Crippen LogP contribution in [0.4, 0.5) is 8.78 Å². The number of halogens is 3. The molecular formula is C31H27ClF2N4O4. The van der Waals surface area contributed by atoms with Crippen LogP contribution in [0.3, 0.4) is 0 Å². The number of carbonyl (C=O) groups is 1. The second-order valence-electron chi connectivity index (χ2n) is 11.3. The van der Waals surface area contributed by atoms with Gasteiger partial charge in [-0.05, 0) is 67.6 Å². The Labute approximate surface area is 242 Å². The number of hydrogen-bond donors (Lipinski definition) is 4. The number of aliphatic hydroxyl groups is 1. The smallest absolute Gasteiger partial charge is 0.333 e. The minimum Gasteiger partial charge on any atom is -0.386 e. The van der Waals surface area contributed by atoms with Gasteiger partial charge in [0.05, 0.1) is 28.1 Å². The van der Waals surface area contributed by atoms with Crippen LogP contribution in [0.2, 0.25) is 0 Å². The van der Waals surface area contributed by atoms with Crippen LogP contribution in [-0.4, -0.2) is 30.9 Å². The molecule has 216 valence electrons. The second kappa shape index (κ2) is 9.64. The summed E-state index contributed by atoms with van der Waals surface area (Å²) in [6, 6.07) is 12.0. The Morgan fingerprint density at radius 3 is 2.52 bits per heavy atom.